The lowest BCUT2D eigenvalue weighted by molar-refractivity contribution is -0.139. The summed E-state index contributed by atoms with van der Waals surface area (Å²) in [5.41, 5.74) is 5.58. The number of hydrogen-bond donors (Lipinski definition) is 1. The summed E-state index contributed by atoms with van der Waals surface area (Å²) in [7, 11) is 0. The Morgan fingerprint density at radius 2 is 1.92 bits per heavy atom. The molecule has 6 nitrogen and oxygen atoms in total. The van der Waals surface area contributed by atoms with E-state index in [0.29, 0.717) is 0 Å². The number of esters is 1. The summed E-state index contributed by atoms with van der Waals surface area (Å²) >= 11 is 0. The topological polar surface area (TPSA) is 94.6 Å². The van der Waals surface area contributed by atoms with Gasteiger partial charge >= 0.3 is 5.97 Å². The van der Waals surface area contributed by atoms with Crippen LogP contribution in [0.5, 0.6) is 5.75 Å². The first kappa shape index (κ1) is 19.2. The third-order valence-corrected chi connectivity index (χ3v) is 3.74. The first-order chi connectivity index (χ1) is 12.3. The second kappa shape index (κ2) is 7.87. The summed E-state index contributed by atoms with van der Waals surface area (Å²) in [5.74, 6) is -4.46. The molecule has 1 unspecified atom stereocenters. The van der Waals surface area contributed by atoms with E-state index >= 15 is 0 Å². The third kappa shape index (κ3) is 3.47. The first-order valence-electron chi connectivity index (χ1n) is 7.92. The van der Waals surface area contributed by atoms with E-state index in [4.69, 9.17) is 19.9 Å². The van der Waals surface area contributed by atoms with Gasteiger partial charge < -0.3 is 19.9 Å². The van der Waals surface area contributed by atoms with Gasteiger partial charge in [0.2, 0.25) is 5.88 Å². The molecule has 0 aromatic heterocycles. The molecule has 2 N–H and O–H groups in total. The number of allylic oxidation sites excluding steroid dienone is 2. The van der Waals surface area contributed by atoms with E-state index < -0.39 is 29.3 Å². The van der Waals surface area contributed by atoms with Gasteiger partial charge in [0.1, 0.15) is 17.4 Å². The van der Waals surface area contributed by atoms with Gasteiger partial charge in [0, 0.05) is 0 Å². The summed E-state index contributed by atoms with van der Waals surface area (Å²) in [6.45, 7) is 4.82. The molecule has 1 heterocycles. The second-order valence-corrected chi connectivity index (χ2v) is 5.36. The largest absolute Gasteiger partial charge is 0.488 e. The van der Waals surface area contributed by atoms with Crippen molar-refractivity contribution in [2.45, 2.75) is 26.7 Å². The van der Waals surface area contributed by atoms with Crippen LogP contribution in [-0.4, -0.2) is 19.2 Å². The maximum Gasteiger partial charge on any atom is 0.338 e. The summed E-state index contributed by atoms with van der Waals surface area (Å²) in [6.07, 6.45) is 0. The molecule has 0 radical (unpaired) electrons. The molecule has 1 aromatic carbocycles. The van der Waals surface area contributed by atoms with Crippen LogP contribution in [0, 0.1) is 23.0 Å². The number of nitriles is 1. The van der Waals surface area contributed by atoms with Gasteiger partial charge in [-0.1, -0.05) is 0 Å². The molecule has 0 spiro atoms. The minimum Gasteiger partial charge on any atom is -0.488 e. The lowest BCUT2D eigenvalue weighted by atomic mass is 9.83. The normalized spacial score (nSPS) is 16.8. The number of rotatable bonds is 5. The minimum absolute atomic E-state index is 0.0219. The van der Waals surface area contributed by atoms with Gasteiger partial charge in [-0.05, 0) is 38.5 Å². The molecule has 0 fully saturated rings. The van der Waals surface area contributed by atoms with Crippen LogP contribution in [0.1, 0.15) is 32.3 Å². The Kier molecular flexibility index (Phi) is 5.82. The fraction of sp³-hybridized carbons (Fsp3) is 0.333. The number of benzene rings is 1. The van der Waals surface area contributed by atoms with Crippen molar-refractivity contribution >= 4 is 5.97 Å². The van der Waals surface area contributed by atoms with Crippen LogP contribution < -0.4 is 10.5 Å². The summed E-state index contributed by atoms with van der Waals surface area (Å²) in [6, 6.07) is 3.84. The fourth-order valence-corrected chi connectivity index (χ4v) is 2.72. The highest BCUT2D eigenvalue weighted by Gasteiger charge is 2.37. The molecule has 0 saturated carbocycles. The zero-order valence-electron chi connectivity index (χ0n) is 14.6. The first-order valence-corrected chi connectivity index (χ1v) is 7.92. The molecule has 138 valence electrons. The Hall–Kier alpha value is -3.08. The Morgan fingerprint density at radius 1 is 1.31 bits per heavy atom. The molecular weight excluding hydrogens is 346 g/mol. The number of halogens is 2. The molecule has 1 aliphatic heterocycles. The number of nitrogens with zero attached hydrogens (tertiary/aromatic N) is 1. The van der Waals surface area contributed by atoms with Crippen molar-refractivity contribution in [2.75, 3.05) is 13.2 Å². The predicted molar refractivity (Wildman–Crippen MR) is 87.5 cm³/mol. The monoisotopic (exact) mass is 364 g/mol. The van der Waals surface area contributed by atoms with E-state index in [1.807, 2.05) is 6.07 Å². The van der Waals surface area contributed by atoms with E-state index in [9.17, 15) is 18.8 Å². The van der Waals surface area contributed by atoms with E-state index in [-0.39, 0.29) is 41.6 Å². The standard InChI is InChI=1S/C18H18F2N2O4/c1-4-24-16-12(19)6-10(7-13(16)20)15-11(8-21)17(22)26-9(3)14(15)18(23)25-5-2/h6-7,15H,4-5,22H2,1-3H3. The third-order valence-electron chi connectivity index (χ3n) is 3.74. The molecule has 8 heteroatoms. The van der Waals surface area contributed by atoms with Crippen LogP contribution in [0.3, 0.4) is 0 Å². The molecule has 26 heavy (non-hydrogen) atoms. The maximum atomic E-state index is 14.3. The number of hydrogen-bond acceptors (Lipinski definition) is 6. The van der Waals surface area contributed by atoms with Crippen LogP contribution in [0.15, 0.2) is 34.9 Å². The van der Waals surface area contributed by atoms with Crippen molar-refractivity contribution in [2.24, 2.45) is 5.73 Å². The van der Waals surface area contributed by atoms with Gasteiger partial charge in [-0.3, -0.25) is 0 Å². The van der Waals surface area contributed by atoms with Gasteiger partial charge in [0.25, 0.3) is 0 Å². The number of ether oxygens (including phenoxy) is 3. The number of carbonyl (C=O) groups excluding carboxylic acids is 1. The minimum atomic E-state index is -1.12. The average Bonchev–Trinajstić information content (AvgIpc) is 2.57. The Bertz CT molecular complexity index is 817. The van der Waals surface area contributed by atoms with Crippen molar-refractivity contribution in [1.29, 1.82) is 5.26 Å². The van der Waals surface area contributed by atoms with Crippen LogP contribution in [0.2, 0.25) is 0 Å². The average molecular weight is 364 g/mol. The summed E-state index contributed by atoms with van der Waals surface area (Å²) < 4.78 is 43.8. The molecule has 0 amide bonds. The van der Waals surface area contributed by atoms with Gasteiger partial charge in [0.15, 0.2) is 17.4 Å². The fourth-order valence-electron chi connectivity index (χ4n) is 2.72. The molecule has 0 bridgehead atoms. The quantitative estimate of drug-likeness (QED) is 0.807. The number of carbonyl (C=O) groups is 1. The van der Waals surface area contributed by atoms with E-state index in [1.165, 1.54) is 6.92 Å². The smallest absolute Gasteiger partial charge is 0.338 e. The zero-order chi connectivity index (χ0) is 19.4. The SMILES string of the molecule is CCOC(=O)C1=C(C)OC(N)=C(C#N)C1c1cc(F)c(OCC)c(F)c1. The van der Waals surface area contributed by atoms with Gasteiger partial charge in [-0.25, -0.2) is 13.6 Å². The number of nitrogens with two attached hydrogens (primary N) is 1. The second-order valence-electron chi connectivity index (χ2n) is 5.36. The molecule has 1 aromatic rings. The highest BCUT2D eigenvalue weighted by molar-refractivity contribution is 5.92. The van der Waals surface area contributed by atoms with Crippen LogP contribution in [0.4, 0.5) is 8.78 Å². The highest BCUT2D eigenvalue weighted by Crippen LogP contribution is 2.41. The van der Waals surface area contributed by atoms with Crippen molar-refractivity contribution < 1.29 is 27.8 Å². The van der Waals surface area contributed by atoms with Gasteiger partial charge in [-0.2, -0.15) is 5.26 Å². The van der Waals surface area contributed by atoms with Gasteiger partial charge in [-0.15, -0.1) is 0 Å². The summed E-state index contributed by atoms with van der Waals surface area (Å²) in [4.78, 5) is 12.4. The Labute approximate surface area is 149 Å². The molecule has 0 saturated heterocycles. The van der Waals surface area contributed by atoms with Gasteiger partial charge in [0.05, 0.1) is 24.7 Å². The Balaban J connectivity index is 2.66. The maximum absolute atomic E-state index is 14.3. The van der Waals surface area contributed by atoms with Crippen LogP contribution >= 0.6 is 0 Å². The lowest BCUT2D eigenvalue weighted by Gasteiger charge is -2.27. The van der Waals surface area contributed by atoms with Crippen molar-refractivity contribution in [3.63, 3.8) is 0 Å². The van der Waals surface area contributed by atoms with Crippen molar-refractivity contribution in [3.8, 4) is 11.8 Å². The molecule has 1 atom stereocenters. The van der Waals surface area contributed by atoms with Crippen molar-refractivity contribution in [1.82, 2.24) is 0 Å². The summed E-state index contributed by atoms with van der Waals surface area (Å²) in [5, 5.41) is 9.43. The molecular formula is C18H18F2N2O4. The predicted octanol–water partition coefficient (Wildman–Crippen LogP) is 3.01. The van der Waals surface area contributed by atoms with E-state index in [1.54, 1.807) is 13.8 Å². The molecule has 0 aliphatic carbocycles. The van der Waals surface area contributed by atoms with Crippen LogP contribution in [0.25, 0.3) is 0 Å². The molecule has 2 rings (SSSR count). The van der Waals surface area contributed by atoms with E-state index in [0.717, 1.165) is 12.1 Å². The molecule has 1 aliphatic rings. The lowest BCUT2D eigenvalue weighted by Crippen LogP contribution is -2.25. The van der Waals surface area contributed by atoms with Crippen molar-refractivity contribution in [3.05, 3.63) is 52.1 Å². The zero-order valence-corrected chi connectivity index (χ0v) is 14.6. The Morgan fingerprint density at radius 3 is 2.42 bits per heavy atom. The van der Waals surface area contributed by atoms with E-state index in [2.05, 4.69) is 0 Å². The highest BCUT2D eigenvalue weighted by atomic mass is 19.1. The van der Waals surface area contributed by atoms with Crippen LogP contribution in [-0.2, 0) is 14.3 Å².